The number of hydrogen-bond donors (Lipinski definition) is 1. The van der Waals surface area contributed by atoms with Gasteiger partial charge >= 0.3 is 6.18 Å². The number of halogens is 4. The van der Waals surface area contributed by atoms with E-state index in [-0.39, 0.29) is 11.4 Å². The van der Waals surface area contributed by atoms with Crippen LogP contribution < -0.4 is 5.32 Å². The van der Waals surface area contributed by atoms with Crippen LogP contribution in [0.4, 0.5) is 13.2 Å². The lowest BCUT2D eigenvalue weighted by atomic mass is 10.1. The van der Waals surface area contributed by atoms with E-state index in [0.717, 1.165) is 0 Å². The fourth-order valence-electron chi connectivity index (χ4n) is 1.17. The predicted octanol–water partition coefficient (Wildman–Crippen LogP) is 2.43. The predicted molar refractivity (Wildman–Crippen MR) is 51.9 cm³/mol. The Morgan fingerprint density at radius 3 is 2.67 bits per heavy atom. The Morgan fingerprint density at radius 1 is 1.53 bits per heavy atom. The Labute approximate surface area is 90.5 Å². The first kappa shape index (κ1) is 12.3. The summed E-state index contributed by atoms with van der Waals surface area (Å²) in [5, 5.41) is 2.47. The van der Waals surface area contributed by atoms with Gasteiger partial charge in [-0.1, -0.05) is 11.6 Å². The molecule has 0 spiro atoms. The molecule has 0 amide bonds. The maximum atomic E-state index is 12.4. The van der Waals surface area contributed by atoms with Crippen molar-refractivity contribution in [2.75, 3.05) is 7.05 Å². The van der Waals surface area contributed by atoms with Gasteiger partial charge in [0.05, 0.1) is 5.02 Å². The van der Waals surface area contributed by atoms with E-state index < -0.39 is 12.2 Å². The summed E-state index contributed by atoms with van der Waals surface area (Å²) < 4.78 is 37.2. The van der Waals surface area contributed by atoms with Gasteiger partial charge in [0.15, 0.2) is 0 Å². The molecule has 0 radical (unpaired) electrons. The molecule has 2 nitrogen and oxygen atoms in total. The Bertz CT molecular complexity index is 327. The number of nitrogens with one attached hydrogen (secondary N) is 1. The fourth-order valence-corrected chi connectivity index (χ4v) is 1.37. The number of likely N-dealkylation sites (N-methyl/N-ethyl adjacent to an activating group) is 1. The second kappa shape index (κ2) is 4.81. The molecule has 0 aliphatic carbocycles. The molecule has 1 aromatic rings. The molecule has 0 aromatic carbocycles. The summed E-state index contributed by atoms with van der Waals surface area (Å²) in [5.41, 5.74) is 0.434. The topological polar surface area (TPSA) is 24.9 Å². The van der Waals surface area contributed by atoms with Crippen LogP contribution in [0, 0.1) is 0 Å². The van der Waals surface area contributed by atoms with E-state index in [4.69, 9.17) is 11.6 Å². The number of aromatic nitrogens is 1. The normalized spacial score (nSPS) is 13.9. The fraction of sp³-hybridized carbons (Fsp3) is 0.444. The Morgan fingerprint density at radius 2 is 2.20 bits per heavy atom. The number of alkyl halides is 3. The first-order valence-corrected chi connectivity index (χ1v) is 4.65. The van der Waals surface area contributed by atoms with Gasteiger partial charge in [0, 0.05) is 12.4 Å². The minimum Gasteiger partial charge on any atom is -0.309 e. The lowest BCUT2D eigenvalue weighted by Gasteiger charge is -2.19. The average molecular weight is 239 g/mol. The summed E-state index contributed by atoms with van der Waals surface area (Å²) in [6.45, 7) is 0. The molecule has 1 atom stereocenters. The average Bonchev–Trinajstić information content (AvgIpc) is 2.14. The lowest BCUT2D eigenvalue weighted by molar-refractivity contribution is -0.154. The van der Waals surface area contributed by atoms with Gasteiger partial charge < -0.3 is 5.32 Å². The molecule has 1 rings (SSSR count). The SMILES string of the molecule is CNC(Cc1ccncc1Cl)C(F)(F)F. The van der Waals surface area contributed by atoms with E-state index in [1.165, 1.54) is 25.5 Å². The molecule has 1 aromatic heterocycles. The van der Waals surface area contributed by atoms with E-state index in [9.17, 15) is 13.2 Å². The number of nitrogens with zero attached hydrogens (tertiary/aromatic N) is 1. The molecule has 6 heteroatoms. The van der Waals surface area contributed by atoms with Crippen LogP contribution in [0.5, 0.6) is 0 Å². The van der Waals surface area contributed by atoms with Gasteiger partial charge in [0.1, 0.15) is 6.04 Å². The third-order valence-electron chi connectivity index (χ3n) is 2.02. The van der Waals surface area contributed by atoms with Crippen molar-refractivity contribution in [3.8, 4) is 0 Å². The van der Waals surface area contributed by atoms with Crippen LogP contribution in [-0.2, 0) is 6.42 Å². The van der Waals surface area contributed by atoms with Crippen molar-refractivity contribution in [2.24, 2.45) is 0 Å². The summed E-state index contributed by atoms with van der Waals surface area (Å²) >= 11 is 5.72. The molecule has 1 heterocycles. The Hall–Kier alpha value is -0.810. The standard InChI is InChI=1S/C9H10ClF3N2/c1-14-8(9(11,12)13)4-6-2-3-15-5-7(6)10/h2-3,5,8,14H,4H2,1H3. The third-order valence-corrected chi connectivity index (χ3v) is 2.36. The highest BCUT2D eigenvalue weighted by molar-refractivity contribution is 6.31. The van der Waals surface area contributed by atoms with E-state index >= 15 is 0 Å². The third kappa shape index (κ3) is 3.35. The molecule has 1 N–H and O–H groups in total. The summed E-state index contributed by atoms with van der Waals surface area (Å²) in [7, 11) is 1.27. The first-order valence-electron chi connectivity index (χ1n) is 4.27. The van der Waals surface area contributed by atoms with Crippen LogP contribution in [0.1, 0.15) is 5.56 Å². The molecule has 0 saturated carbocycles. The highest BCUT2D eigenvalue weighted by atomic mass is 35.5. The van der Waals surface area contributed by atoms with E-state index in [0.29, 0.717) is 5.56 Å². The zero-order valence-electron chi connectivity index (χ0n) is 7.98. The molecule has 0 bridgehead atoms. The minimum atomic E-state index is -4.28. The lowest BCUT2D eigenvalue weighted by Crippen LogP contribution is -2.41. The maximum absolute atomic E-state index is 12.4. The summed E-state index contributed by atoms with van der Waals surface area (Å²) in [4.78, 5) is 3.71. The molecule has 0 fully saturated rings. The molecule has 1 unspecified atom stereocenters. The highest BCUT2D eigenvalue weighted by Crippen LogP contribution is 2.25. The monoisotopic (exact) mass is 238 g/mol. The second-order valence-electron chi connectivity index (χ2n) is 3.05. The van der Waals surface area contributed by atoms with E-state index in [1.807, 2.05) is 0 Å². The largest absolute Gasteiger partial charge is 0.404 e. The first-order chi connectivity index (χ1) is 6.95. The molecule has 0 aliphatic heterocycles. The summed E-state index contributed by atoms with van der Waals surface area (Å²) in [5.74, 6) is 0. The van der Waals surface area contributed by atoms with Crippen LogP contribution in [0.15, 0.2) is 18.5 Å². The van der Waals surface area contributed by atoms with Gasteiger partial charge in [-0.05, 0) is 25.1 Å². The van der Waals surface area contributed by atoms with Crippen molar-refractivity contribution in [1.29, 1.82) is 0 Å². The summed E-state index contributed by atoms with van der Waals surface area (Å²) in [6, 6.07) is -0.101. The maximum Gasteiger partial charge on any atom is 0.404 e. The van der Waals surface area contributed by atoms with Gasteiger partial charge in [0.2, 0.25) is 0 Å². The molecular formula is C9H10ClF3N2. The van der Waals surface area contributed by atoms with Crippen LogP contribution in [0.25, 0.3) is 0 Å². The molecule has 0 aliphatic rings. The van der Waals surface area contributed by atoms with Gasteiger partial charge in [-0.15, -0.1) is 0 Å². The molecule has 0 saturated heterocycles. The zero-order chi connectivity index (χ0) is 11.5. The van der Waals surface area contributed by atoms with Crippen molar-refractivity contribution in [1.82, 2.24) is 10.3 Å². The summed E-state index contributed by atoms with van der Waals surface area (Å²) in [6.07, 6.45) is -1.72. The van der Waals surface area contributed by atoms with Gasteiger partial charge in [-0.3, -0.25) is 4.98 Å². The van der Waals surface area contributed by atoms with Crippen molar-refractivity contribution in [2.45, 2.75) is 18.6 Å². The molecular weight excluding hydrogens is 229 g/mol. The minimum absolute atomic E-state index is 0.193. The highest BCUT2D eigenvalue weighted by Gasteiger charge is 2.38. The zero-order valence-corrected chi connectivity index (χ0v) is 8.73. The Kier molecular flexibility index (Phi) is 3.93. The van der Waals surface area contributed by atoms with Crippen molar-refractivity contribution in [3.05, 3.63) is 29.0 Å². The van der Waals surface area contributed by atoms with Gasteiger partial charge in [-0.2, -0.15) is 13.2 Å². The van der Waals surface area contributed by atoms with E-state index in [1.54, 1.807) is 0 Å². The smallest absolute Gasteiger partial charge is 0.309 e. The van der Waals surface area contributed by atoms with Crippen LogP contribution in [-0.4, -0.2) is 24.2 Å². The van der Waals surface area contributed by atoms with Crippen molar-refractivity contribution in [3.63, 3.8) is 0 Å². The second-order valence-corrected chi connectivity index (χ2v) is 3.46. The van der Waals surface area contributed by atoms with Gasteiger partial charge in [0.25, 0.3) is 0 Å². The molecule has 15 heavy (non-hydrogen) atoms. The van der Waals surface area contributed by atoms with Crippen molar-refractivity contribution >= 4 is 11.6 Å². The van der Waals surface area contributed by atoms with Crippen LogP contribution >= 0.6 is 11.6 Å². The van der Waals surface area contributed by atoms with Gasteiger partial charge in [-0.25, -0.2) is 0 Å². The molecule has 84 valence electrons. The van der Waals surface area contributed by atoms with Crippen LogP contribution in [0.2, 0.25) is 5.02 Å². The Balaban J connectivity index is 2.80. The van der Waals surface area contributed by atoms with Crippen LogP contribution in [0.3, 0.4) is 0 Å². The number of pyridine rings is 1. The van der Waals surface area contributed by atoms with Crippen molar-refractivity contribution < 1.29 is 13.2 Å². The quantitative estimate of drug-likeness (QED) is 0.875. The number of rotatable bonds is 3. The number of hydrogen-bond acceptors (Lipinski definition) is 2. The van der Waals surface area contributed by atoms with E-state index in [2.05, 4.69) is 10.3 Å².